The highest BCUT2D eigenvalue weighted by Crippen LogP contribution is 1.70. The van der Waals surface area contributed by atoms with Gasteiger partial charge in [-0.1, -0.05) is 5.16 Å². The van der Waals surface area contributed by atoms with Crippen LogP contribution < -0.4 is 0 Å². The zero-order chi connectivity index (χ0) is 6.41. The number of rotatable bonds is 2. The number of halogens is 1. The highest BCUT2D eigenvalue weighted by molar-refractivity contribution is 6.22. The molecule has 0 saturated heterocycles. The minimum Gasteiger partial charge on any atom is -0.462 e. The van der Waals surface area contributed by atoms with Crippen LogP contribution in [0.5, 0.6) is 0 Å². The zero-order valence-corrected chi connectivity index (χ0v) is 5.72. The first-order chi connectivity index (χ1) is 3.81. The topological polar surface area (TPSA) is 58.9 Å². The summed E-state index contributed by atoms with van der Waals surface area (Å²) in [7, 11) is 0. The summed E-state index contributed by atoms with van der Waals surface area (Å²) in [4.78, 5) is 10.1. The van der Waals surface area contributed by atoms with Crippen LogP contribution in [0.1, 0.15) is 6.92 Å². The van der Waals surface area contributed by atoms with Gasteiger partial charge in [0.1, 0.15) is 0 Å². The quantitative estimate of drug-likeness (QED) is 0.271. The van der Waals surface area contributed by atoms with E-state index < -0.39 is 5.97 Å². The van der Waals surface area contributed by atoms with Crippen molar-refractivity contribution in [2.75, 3.05) is 6.61 Å². The molecule has 9 heavy (non-hydrogen) atoms. The summed E-state index contributed by atoms with van der Waals surface area (Å²) in [5.41, 5.74) is 0. The maximum absolute atomic E-state index is 10.1. The van der Waals surface area contributed by atoms with Gasteiger partial charge in [-0.15, -0.1) is 12.4 Å². The summed E-state index contributed by atoms with van der Waals surface area (Å²) in [6.07, 6.45) is 0.698. The molecule has 0 radical (unpaired) electrons. The predicted molar refractivity (Wildman–Crippen MR) is 34.2 cm³/mol. The lowest BCUT2D eigenvalue weighted by Crippen LogP contribution is -2.04. The van der Waals surface area contributed by atoms with Gasteiger partial charge in [0, 0.05) is 0 Å². The van der Waals surface area contributed by atoms with Gasteiger partial charge in [-0.2, -0.15) is 0 Å². The van der Waals surface area contributed by atoms with Crippen molar-refractivity contribution in [1.29, 1.82) is 0 Å². The summed E-state index contributed by atoms with van der Waals surface area (Å²) in [5, 5.41) is 10.2. The van der Waals surface area contributed by atoms with Gasteiger partial charge in [-0.25, -0.2) is 4.79 Å². The Labute approximate surface area is 58.9 Å². The highest BCUT2D eigenvalue weighted by atomic mass is 35.5. The largest absolute Gasteiger partial charge is 0.462 e. The van der Waals surface area contributed by atoms with Gasteiger partial charge in [0.2, 0.25) is 0 Å². The van der Waals surface area contributed by atoms with Gasteiger partial charge in [-0.3, -0.25) is 0 Å². The molecular weight excluding hydrogens is 146 g/mol. The molecule has 4 nitrogen and oxygen atoms in total. The van der Waals surface area contributed by atoms with Crippen LogP contribution >= 0.6 is 12.4 Å². The first-order valence-corrected chi connectivity index (χ1v) is 2.15. The van der Waals surface area contributed by atoms with E-state index in [-0.39, 0.29) is 12.4 Å². The fourth-order valence-corrected chi connectivity index (χ4v) is 0.227. The number of carbonyl (C=O) groups is 1. The molecule has 0 aliphatic carbocycles. The van der Waals surface area contributed by atoms with Crippen molar-refractivity contribution in [2.24, 2.45) is 5.16 Å². The normalized spacial score (nSPS) is 8.56. The molecule has 0 aliphatic heterocycles. The van der Waals surface area contributed by atoms with E-state index in [1.54, 1.807) is 6.92 Å². The average Bonchev–Trinajstić information content (AvgIpc) is 1.68. The Hall–Kier alpha value is -0.770. The van der Waals surface area contributed by atoms with E-state index in [1.807, 2.05) is 0 Å². The molecule has 0 aromatic rings. The Bertz CT molecular complexity index is 104. The van der Waals surface area contributed by atoms with Crippen LogP contribution in [0.25, 0.3) is 0 Å². The smallest absolute Gasteiger partial charge is 0.352 e. The van der Waals surface area contributed by atoms with Gasteiger partial charge in [0.05, 0.1) is 6.61 Å². The molecule has 0 fully saturated rings. The van der Waals surface area contributed by atoms with Crippen LogP contribution in [0.2, 0.25) is 0 Å². The molecule has 0 aromatic heterocycles. The number of esters is 1. The van der Waals surface area contributed by atoms with Gasteiger partial charge in [0.25, 0.3) is 0 Å². The van der Waals surface area contributed by atoms with Crippen molar-refractivity contribution in [1.82, 2.24) is 0 Å². The Balaban J connectivity index is 0. The number of ether oxygens (including phenoxy) is 1. The zero-order valence-electron chi connectivity index (χ0n) is 4.90. The van der Waals surface area contributed by atoms with Crippen molar-refractivity contribution in [3.8, 4) is 0 Å². The third-order valence-electron chi connectivity index (χ3n) is 0.450. The Morgan fingerprint density at radius 3 is 2.78 bits per heavy atom. The third kappa shape index (κ3) is 7.23. The standard InChI is InChI=1S/C4H7NO3.ClH/c1-2-8-4(6)3-5-7;/h3,7H,2H2,1H3;1H. The second-order valence-corrected chi connectivity index (χ2v) is 0.997. The van der Waals surface area contributed by atoms with E-state index in [4.69, 9.17) is 5.21 Å². The van der Waals surface area contributed by atoms with Crippen molar-refractivity contribution >= 4 is 24.6 Å². The lowest BCUT2D eigenvalue weighted by Gasteiger charge is -1.90. The first kappa shape index (κ1) is 11.1. The Morgan fingerprint density at radius 1 is 1.89 bits per heavy atom. The summed E-state index contributed by atoms with van der Waals surface area (Å²) in [6.45, 7) is 1.97. The monoisotopic (exact) mass is 153 g/mol. The van der Waals surface area contributed by atoms with Crippen LogP contribution in [0.3, 0.4) is 0 Å². The molecular formula is C4H8ClNO3. The van der Waals surface area contributed by atoms with E-state index in [0.29, 0.717) is 12.8 Å². The molecule has 0 atom stereocenters. The van der Waals surface area contributed by atoms with E-state index in [0.717, 1.165) is 0 Å². The van der Waals surface area contributed by atoms with Gasteiger partial charge < -0.3 is 9.94 Å². The fourth-order valence-electron chi connectivity index (χ4n) is 0.227. The van der Waals surface area contributed by atoms with E-state index in [2.05, 4.69) is 9.89 Å². The van der Waals surface area contributed by atoms with Gasteiger partial charge >= 0.3 is 5.97 Å². The average molecular weight is 154 g/mol. The van der Waals surface area contributed by atoms with Crippen LogP contribution in [0.15, 0.2) is 5.16 Å². The minimum absolute atomic E-state index is 0. The Kier molecular flexibility index (Phi) is 8.90. The number of nitrogens with zero attached hydrogens (tertiary/aromatic N) is 1. The molecule has 0 spiro atoms. The Morgan fingerprint density at radius 2 is 2.44 bits per heavy atom. The maximum Gasteiger partial charge on any atom is 0.352 e. The molecule has 0 unspecified atom stereocenters. The minimum atomic E-state index is -0.630. The third-order valence-corrected chi connectivity index (χ3v) is 0.450. The van der Waals surface area contributed by atoms with Crippen molar-refractivity contribution < 1.29 is 14.7 Å². The van der Waals surface area contributed by atoms with Gasteiger partial charge in [-0.05, 0) is 6.92 Å². The highest BCUT2D eigenvalue weighted by Gasteiger charge is 1.91. The molecule has 0 aliphatic rings. The van der Waals surface area contributed by atoms with Crippen molar-refractivity contribution in [3.63, 3.8) is 0 Å². The predicted octanol–water partition coefficient (Wildman–Crippen LogP) is 0.431. The SMILES string of the molecule is CCOC(=O)C=NO.Cl. The van der Waals surface area contributed by atoms with E-state index in [1.165, 1.54) is 0 Å². The molecule has 1 N–H and O–H groups in total. The van der Waals surface area contributed by atoms with E-state index >= 15 is 0 Å². The van der Waals surface area contributed by atoms with Crippen LogP contribution in [0.4, 0.5) is 0 Å². The number of oxime groups is 1. The molecule has 54 valence electrons. The van der Waals surface area contributed by atoms with Crippen LogP contribution in [-0.4, -0.2) is 24.0 Å². The van der Waals surface area contributed by atoms with Crippen LogP contribution in [0, 0.1) is 0 Å². The molecule has 0 rings (SSSR count). The summed E-state index contributed by atoms with van der Waals surface area (Å²) in [6, 6.07) is 0. The molecule has 0 bridgehead atoms. The number of carbonyl (C=O) groups excluding carboxylic acids is 1. The number of hydrogen-bond donors (Lipinski definition) is 1. The summed E-state index contributed by atoms with van der Waals surface area (Å²) < 4.78 is 4.33. The number of hydrogen-bond acceptors (Lipinski definition) is 4. The summed E-state index contributed by atoms with van der Waals surface area (Å²) >= 11 is 0. The lowest BCUT2D eigenvalue weighted by atomic mass is 10.7. The molecule has 0 amide bonds. The molecule has 0 heterocycles. The maximum atomic E-state index is 10.1. The van der Waals surface area contributed by atoms with Crippen molar-refractivity contribution in [2.45, 2.75) is 6.92 Å². The fraction of sp³-hybridized carbons (Fsp3) is 0.500. The second kappa shape index (κ2) is 7.23. The first-order valence-electron chi connectivity index (χ1n) is 2.15. The van der Waals surface area contributed by atoms with Gasteiger partial charge in [0.15, 0.2) is 6.21 Å². The molecule has 5 heteroatoms. The molecule has 0 aromatic carbocycles. The second-order valence-electron chi connectivity index (χ2n) is 0.997. The van der Waals surface area contributed by atoms with Crippen molar-refractivity contribution in [3.05, 3.63) is 0 Å². The van der Waals surface area contributed by atoms with E-state index in [9.17, 15) is 4.79 Å². The van der Waals surface area contributed by atoms with Crippen LogP contribution in [-0.2, 0) is 9.53 Å². The molecule has 0 saturated carbocycles. The summed E-state index contributed by atoms with van der Waals surface area (Å²) in [5.74, 6) is -0.630. The lowest BCUT2D eigenvalue weighted by molar-refractivity contribution is -0.134.